The van der Waals surface area contributed by atoms with Crippen LogP contribution in [-0.4, -0.2) is 33.1 Å². The van der Waals surface area contributed by atoms with Crippen LogP contribution in [0.1, 0.15) is 19.3 Å². The van der Waals surface area contributed by atoms with Gasteiger partial charge in [0.05, 0.1) is 0 Å². The van der Waals surface area contributed by atoms with E-state index in [4.69, 9.17) is 9.47 Å². The number of nitrogens with one attached hydrogen (secondary N) is 1. The van der Waals surface area contributed by atoms with Gasteiger partial charge in [0.2, 0.25) is 0 Å². The maximum absolute atomic E-state index is 5.36. The van der Waals surface area contributed by atoms with E-state index in [-0.39, 0.29) is 5.79 Å². The lowest BCUT2D eigenvalue weighted by molar-refractivity contribution is -0.292. The zero-order valence-corrected chi connectivity index (χ0v) is 7.85. The molecule has 1 saturated carbocycles. The Bertz CT molecular complexity index is 159. The molecule has 0 radical (unpaired) electrons. The molecule has 0 amide bonds. The van der Waals surface area contributed by atoms with Gasteiger partial charge in [-0.05, 0) is 18.4 Å². The lowest BCUT2D eigenvalue weighted by Crippen LogP contribution is -2.55. The van der Waals surface area contributed by atoms with Crippen LogP contribution in [0.3, 0.4) is 0 Å². The van der Waals surface area contributed by atoms with Gasteiger partial charge in [0.1, 0.15) is 0 Å². The molecular formula is C9H17NO2. The average Bonchev–Trinajstić information content (AvgIpc) is 2.49. The highest BCUT2D eigenvalue weighted by atomic mass is 16.7. The first-order chi connectivity index (χ1) is 5.74. The molecule has 1 heterocycles. The van der Waals surface area contributed by atoms with Crippen molar-refractivity contribution < 1.29 is 9.47 Å². The van der Waals surface area contributed by atoms with Crippen LogP contribution in [-0.2, 0) is 9.47 Å². The second-order valence-corrected chi connectivity index (χ2v) is 4.10. The quantitative estimate of drug-likeness (QED) is 0.622. The smallest absolute Gasteiger partial charge is 0.168 e. The maximum atomic E-state index is 5.36. The molecule has 12 heavy (non-hydrogen) atoms. The predicted molar refractivity (Wildman–Crippen MR) is 45.9 cm³/mol. The van der Waals surface area contributed by atoms with Crippen molar-refractivity contribution in [2.45, 2.75) is 25.0 Å². The van der Waals surface area contributed by atoms with Crippen molar-refractivity contribution in [2.24, 2.45) is 5.41 Å². The normalized spacial score (nSPS) is 30.5. The molecule has 3 heteroatoms. The Kier molecular flexibility index (Phi) is 1.90. The third-order valence-corrected chi connectivity index (χ3v) is 3.36. The average molecular weight is 171 g/mol. The number of rotatable bonds is 2. The Labute approximate surface area is 73.4 Å². The molecule has 2 rings (SSSR count). The van der Waals surface area contributed by atoms with Crippen molar-refractivity contribution in [2.75, 3.05) is 27.3 Å². The van der Waals surface area contributed by atoms with Crippen LogP contribution in [0.4, 0.5) is 0 Å². The van der Waals surface area contributed by atoms with E-state index in [2.05, 4.69) is 5.32 Å². The van der Waals surface area contributed by atoms with Crippen LogP contribution in [0, 0.1) is 5.41 Å². The number of methoxy groups -OCH3 is 2. The molecule has 0 aromatic heterocycles. The van der Waals surface area contributed by atoms with Gasteiger partial charge in [0, 0.05) is 33.6 Å². The first-order valence-electron chi connectivity index (χ1n) is 4.55. The van der Waals surface area contributed by atoms with Gasteiger partial charge in [0.25, 0.3) is 0 Å². The van der Waals surface area contributed by atoms with Crippen molar-refractivity contribution in [3.63, 3.8) is 0 Å². The summed E-state index contributed by atoms with van der Waals surface area (Å²) in [6.45, 7) is 2.30. The van der Waals surface area contributed by atoms with Crippen molar-refractivity contribution in [3.8, 4) is 0 Å². The maximum Gasteiger partial charge on any atom is 0.168 e. The molecular weight excluding hydrogens is 154 g/mol. The predicted octanol–water partition coefficient (Wildman–Crippen LogP) is 0.749. The monoisotopic (exact) mass is 171 g/mol. The summed E-state index contributed by atoms with van der Waals surface area (Å²) in [5.41, 5.74) is 0.492. The molecule has 0 bridgehead atoms. The van der Waals surface area contributed by atoms with Crippen molar-refractivity contribution >= 4 is 0 Å². The fraction of sp³-hybridized carbons (Fsp3) is 1.00. The molecule has 1 N–H and O–H groups in total. The molecule has 0 aromatic rings. The van der Waals surface area contributed by atoms with Gasteiger partial charge in [-0.15, -0.1) is 0 Å². The number of ether oxygens (including phenoxy) is 2. The SMILES string of the molecule is COC1(OC)CC2(CCNC2)C1. The van der Waals surface area contributed by atoms with Crippen LogP contribution in [0.15, 0.2) is 0 Å². The zero-order chi connectivity index (χ0) is 8.66. The van der Waals surface area contributed by atoms with E-state index in [0.29, 0.717) is 5.41 Å². The first-order valence-corrected chi connectivity index (χ1v) is 4.55. The van der Waals surface area contributed by atoms with Gasteiger partial charge in [-0.1, -0.05) is 0 Å². The molecule has 1 aliphatic heterocycles. The molecule has 1 saturated heterocycles. The van der Waals surface area contributed by atoms with E-state index in [1.165, 1.54) is 6.42 Å². The van der Waals surface area contributed by atoms with E-state index < -0.39 is 0 Å². The highest BCUT2D eigenvalue weighted by Gasteiger charge is 2.56. The molecule has 2 aliphatic rings. The summed E-state index contributed by atoms with van der Waals surface area (Å²) < 4.78 is 10.7. The van der Waals surface area contributed by atoms with E-state index >= 15 is 0 Å². The van der Waals surface area contributed by atoms with Crippen molar-refractivity contribution in [3.05, 3.63) is 0 Å². The summed E-state index contributed by atoms with van der Waals surface area (Å²) >= 11 is 0. The summed E-state index contributed by atoms with van der Waals surface area (Å²) in [6.07, 6.45) is 3.39. The molecule has 2 fully saturated rings. The molecule has 1 aliphatic carbocycles. The summed E-state index contributed by atoms with van der Waals surface area (Å²) in [4.78, 5) is 0. The second kappa shape index (κ2) is 2.69. The molecule has 0 atom stereocenters. The summed E-state index contributed by atoms with van der Waals surface area (Å²) in [6, 6.07) is 0. The lowest BCUT2D eigenvalue weighted by atomic mass is 9.64. The Morgan fingerprint density at radius 1 is 1.17 bits per heavy atom. The molecule has 3 nitrogen and oxygen atoms in total. The van der Waals surface area contributed by atoms with Crippen LogP contribution >= 0.6 is 0 Å². The molecule has 0 unspecified atom stereocenters. The van der Waals surface area contributed by atoms with Crippen LogP contribution in [0.5, 0.6) is 0 Å². The Morgan fingerprint density at radius 3 is 2.25 bits per heavy atom. The minimum atomic E-state index is -0.258. The third kappa shape index (κ3) is 1.08. The molecule has 0 aromatic carbocycles. The summed E-state index contributed by atoms with van der Waals surface area (Å²) in [5, 5.41) is 3.39. The summed E-state index contributed by atoms with van der Waals surface area (Å²) in [7, 11) is 3.47. The van der Waals surface area contributed by atoms with Crippen molar-refractivity contribution in [1.82, 2.24) is 5.32 Å². The van der Waals surface area contributed by atoms with E-state index in [0.717, 1.165) is 25.9 Å². The highest BCUT2D eigenvalue weighted by molar-refractivity contribution is 5.04. The van der Waals surface area contributed by atoms with E-state index in [1.54, 1.807) is 14.2 Å². The van der Waals surface area contributed by atoms with Crippen LogP contribution < -0.4 is 5.32 Å². The fourth-order valence-corrected chi connectivity index (χ4v) is 2.56. The molecule has 1 spiro atoms. The van der Waals surface area contributed by atoms with Gasteiger partial charge in [-0.25, -0.2) is 0 Å². The Morgan fingerprint density at radius 2 is 1.83 bits per heavy atom. The zero-order valence-electron chi connectivity index (χ0n) is 7.85. The van der Waals surface area contributed by atoms with E-state index in [1.807, 2.05) is 0 Å². The Balaban J connectivity index is 1.96. The number of hydrogen-bond donors (Lipinski definition) is 1. The largest absolute Gasteiger partial charge is 0.353 e. The van der Waals surface area contributed by atoms with Gasteiger partial charge in [-0.3, -0.25) is 0 Å². The fourth-order valence-electron chi connectivity index (χ4n) is 2.56. The lowest BCUT2D eigenvalue weighted by Gasteiger charge is -2.52. The second-order valence-electron chi connectivity index (χ2n) is 4.10. The summed E-state index contributed by atoms with van der Waals surface area (Å²) in [5.74, 6) is -0.258. The van der Waals surface area contributed by atoms with Gasteiger partial charge >= 0.3 is 0 Å². The molecule has 70 valence electrons. The Hall–Kier alpha value is -0.120. The van der Waals surface area contributed by atoms with E-state index in [9.17, 15) is 0 Å². The third-order valence-electron chi connectivity index (χ3n) is 3.36. The minimum Gasteiger partial charge on any atom is -0.353 e. The minimum absolute atomic E-state index is 0.258. The van der Waals surface area contributed by atoms with Crippen LogP contribution in [0.25, 0.3) is 0 Å². The topological polar surface area (TPSA) is 30.5 Å². The van der Waals surface area contributed by atoms with Crippen molar-refractivity contribution in [1.29, 1.82) is 0 Å². The first kappa shape index (κ1) is 8.48. The standard InChI is InChI=1S/C9H17NO2/c1-11-9(12-2)5-8(6-9)3-4-10-7-8/h10H,3-7H2,1-2H3. The van der Waals surface area contributed by atoms with Gasteiger partial charge in [-0.2, -0.15) is 0 Å². The highest BCUT2D eigenvalue weighted by Crippen LogP contribution is 2.53. The van der Waals surface area contributed by atoms with Gasteiger partial charge in [0.15, 0.2) is 5.79 Å². The van der Waals surface area contributed by atoms with Gasteiger partial charge < -0.3 is 14.8 Å². The van der Waals surface area contributed by atoms with Crippen LogP contribution in [0.2, 0.25) is 0 Å². The number of hydrogen-bond acceptors (Lipinski definition) is 3.